The summed E-state index contributed by atoms with van der Waals surface area (Å²) < 4.78 is 41.3. The van der Waals surface area contributed by atoms with Crippen LogP contribution in [0.3, 0.4) is 0 Å². The maximum absolute atomic E-state index is 12.1. The van der Waals surface area contributed by atoms with Gasteiger partial charge >= 0.3 is 18.1 Å². The van der Waals surface area contributed by atoms with Crippen molar-refractivity contribution in [2.24, 2.45) is 0 Å². The molecule has 1 N–H and O–H groups in total. The molecule has 126 valence electrons. The Balaban J connectivity index is 2.60. The molecular weight excluding hydrogens is 311 g/mol. The zero-order valence-corrected chi connectivity index (χ0v) is 13.0. The molecule has 0 aromatic heterocycles. The van der Waals surface area contributed by atoms with Gasteiger partial charge in [-0.1, -0.05) is 30.3 Å². The predicted octanol–water partition coefficient (Wildman–Crippen LogP) is 3.09. The largest absolute Gasteiger partial charge is 0.471 e. The van der Waals surface area contributed by atoms with Gasteiger partial charge in [0.05, 0.1) is 0 Å². The molecule has 23 heavy (non-hydrogen) atoms. The van der Waals surface area contributed by atoms with E-state index in [1.165, 1.54) is 0 Å². The zero-order valence-electron chi connectivity index (χ0n) is 13.0. The normalized spacial score (nSPS) is 13.8. The maximum Gasteiger partial charge on any atom is 0.471 e. The fourth-order valence-electron chi connectivity index (χ4n) is 1.68. The molecule has 0 radical (unpaired) electrons. The third kappa shape index (κ3) is 5.77. The van der Waals surface area contributed by atoms with E-state index < -0.39 is 24.1 Å². The van der Waals surface area contributed by atoms with Crippen molar-refractivity contribution in [1.29, 1.82) is 0 Å². The molecule has 0 aliphatic carbocycles. The summed E-state index contributed by atoms with van der Waals surface area (Å²) in [5, 5.41) is 1.55. The lowest BCUT2D eigenvalue weighted by molar-refractivity contribution is -0.175. The summed E-state index contributed by atoms with van der Waals surface area (Å²) in [6.07, 6.45) is -5.03. The molecule has 1 unspecified atom stereocenters. The average molecular weight is 329 g/mol. The number of carbonyl (C=O) groups excluding carboxylic acids is 2. The molecule has 0 heterocycles. The number of rotatable bonds is 5. The van der Waals surface area contributed by atoms with Crippen LogP contribution >= 0.6 is 0 Å². The van der Waals surface area contributed by atoms with E-state index in [1.54, 1.807) is 12.2 Å². The minimum Gasteiger partial charge on any atom is -0.460 e. The first-order chi connectivity index (χ1) is 10.6. The molecule has 0 bridgehead atoms. The topological polar surface area (TPSA) is 55.4 Å². The Labute approximate surface area is 132 Å². The quantitative estimate of drug-likeness (QED) is 0.845. The van der Waals surface area contributed by atoms with Gasteiger partial charge in [0, 0.05) is 0 Å². The van der Waals surface area contributed by atoms with E-state index in [1.807, 2.05) is 37.3 Å². The summed E-state index contributed by atoms with van der Waals surface area (Å²) in [5.41, 5.74) is 2.63. The SMILES string of the molecule is C/C(COC(=O)C(C)NC(=O)C(F)(F)F)=C(/C)c1ccccc1. The number of alkyl halides is 3. The number of esters is 1. The number of halogens is 3. The summed E-state index contributed by atoms with van der Waals surface area (Å²) in [6, 6.07) is 8.02. The minimum absolute atomic E-state index is 0.0637. The van der Waals surface area contributed by atoms with Crippen molar-refractivity contribution in [3.05, 3.63) is 41.5 Å². The minimum atomic E-state index is -5.03. The van der Waals surface area contributed by atoms with Gasteiger partial charge in [-0.25, -0.2) is 4.79 Å². The van der Waals surface area contributed by atoms with Crippen molar-refractivity contribution in [3.63, 3.8) is 0 Å². The van der Waals surface area contributed by atoms with Gasteiger partial charge in [0.1, 0.15) is 12.6 Å². The van der Waals surface area contributed by atoms with Crippen molar-refractivity contribution in [3.8, 4) is 0 Å². The molecule has 0 saturated carbocycles. The second-order valence-corrected chi connectivity index (χ2v) is 5.07. The molecule has 1 aromatic rings. The van der Waals surface area contributed by atoms with Crippen LogP contribution in [0, 0.1) is 0 Å². The van der Waals surface area contributed by atoms with Gasteiger partial charge in [-0.05, 0) is 37.5 Å². The van der Waals surface area contributed by atoms with E-state index in [9.17, 15) is 22.8 Å². The van der Waals surface area contributed by atoms with Gasteiger partial charge in [-0.15, -0.1) is 0 Å². The Morgan fingerprint density at radius 2 is 1.74 bits per heavy atom. The zero-order chi connectivity index (χ0) is 17.6. The molecule has 0 aliphatic rings. The molecule has 4 nitrogen and oxygen atoms in total. The number of hydrogen-bond acceptors (Lipinski definition) is 3. The lowest BCUT2D eigenvalue weighted by Crippen LogP contribution is -2.46. The van der Waals surface area contributed by atoms with Gasteiger partial charge < -0.3 is 10.1 Å². The molecule has 1 aromatic carbocycles. The molecule has 0 saturated heterocycles. The van der Waals surface area contributed by atoms with E-state index in [4.69, 9.17) is 4.74 Å². The lowest BCUT2D eigenvalue weighted by atomic mass is 10.0. The van der Waals surface area contributed by atoms with Crippen LogP contribution in [-0.4, -0.2) is 30.7 Å². The lowest BCUT2D eigenvalue weighted by Gasteiger charge is -2.15. The first kappa shape index (κ1) is 18.7. The van der Waals surface area contributed by atoms with Crippen molar-refractivity contribution < 1.29 is 27.5 Å². The Hall–Kier alpha value is -2.31. The Morgan fingerprint density at radius 1 is 1.17 bits per heavy atom. The van der Waals surface area contributed by atoms with Crippen LogP contribution in [0.2, 0.25) is 0 Å². The second-order valence-electron chi connectivity index (χ2n) is 5.07. The summed E-state index contributed by atoms with van der Waals surface area (Å²) in [5.74, 6) is -3.10. The summed E-state index contributed by atoms with van der Waals surface area (Å²) in [7, 11) is 0. The van der Waals surface area contributed by atoms with E-state index in [0.29, 0.717) is 0 Å². The number of allylic oxidation sites excluding steroid dienone is 1. The van der Waals surface area contributed by atoms with Crippen LogP contribution in [0.25, 0.3) is 5.57 Å². The standard InChI is InChI=1S/C16H18F3NO3/c1-10(11(2)13-7-5-4-6-8-13)9-23-14(21)12(3)20-15(22)16(17,18)19/h4-8,12H,9H2,1-3H3,(H,20,22)/b11-10+. The molecule has 1 amide bonds. The van der Waals surface area contributed by atoms with Gasteiger partial charge in [0.25, 0.3) is 0 Å². The highest BCUT2D eigenvalue weighted by Crippen LogP contribution is 2.18. The van der Waals surface area contributed by atoms with Crippen molar-refractivity contribution in [2.45, 2.75) is 33.0 Å². The predicted molar refractivity (Wildman–Crippen MR) is 79.3 cm³/mol. The third-order valence-electron chi connectivity index (χ3n) is 3.24. The van der Waals surface area contributed by atoms with Crippen LogP contribution in [-0.2, 0) is 14.3 Å². The van der Waals surface area contributed by atoms with E-state index in [0.717, 1.165) is 23.6 Å². The fourth-order valence-corrected chi connectivity index (χ4v) is 1.68. The van der Waals surface area contributed by atoms with Gasteiger partial charge in [0.15, 0.2) is 0 Å². The molecule has 0 fully saturated rings. The summed E-state index contributed by atoms with van der Waals surface area (Å²) in [4.78, 5) is 22.4. The van der Waals surface area contributed by atoms with E-state index in [-0.39, 0.29) is 6.61 Å². The number of carbonyl (C=O) groups is 2. The summed E-state index contributed by atoms with van der Waals surface area (Å²) in [6.45, 7) is 4.68. The number of hydrogen-bond donors (Lipinski definition) is 1. The molecule has 0 spiro atoms. The highest BCUT2D eigenvalue weighted by atomic mass is 19.4. The number of ether oxygens (including phenoxy) is 1. The maximum atomic E-state index is 12.1. The molecule has 7 heteroatoms. The third-order valence-corrected chi connectivity index (χ3v) is 3.24. The summed E-state index contributed by atoms with van der Waals surface area (Å²) >= 11 is 0. The first-order valence-corrected chi connectivity index (χ1v) is 6.89. The van der Waals surface area contributed by atoms with E-state index in [2.05, 4.69) is 0 Å². The van der Waals surface area contributed by atoms with Gasteiger partial charge in [-0.2, -0.15) is 13.2 Å². The van der Waals surface area contributed by atoms with Gasteiger partial charge in [0.2, 0.25) is 0 Å². The first-order valence-electron chi connectivity index (χ1n) is 6.89. The van der Waals surface area contributed by atoms with Crippen LogP contribution in [0.1, 0.15) is 26.3 Å². The molecule has 1 atom stereocenters. The van der Waals surface area contributed by atoms with Crippen LogP contribution in [0.15, 0.2) is 35.9 Å². The average Bonchev–Trinajstić information content (AvgIpc) is 2.51. The van der Waals surface area contributed by atoms with Crippen molar-refractivity contribution in [2.75, 3.05) is 6.61 Å². The Morgan fingerprint density at radius 3 is 2.26 bits per heavy atom. The van der Waals surface area contributed by atoms with Crippen LogP contribution in [0.5, 0.6) is 0 Å². The number of amides is 1. The number of nitrogens with one attached hydrogen (secondary N) is 1. The number of benzene rings is 1. The fraction of sp³-hybridized carbons (Fsp3) is 0.375. The Bertz CT molecular complexity index is 594. The monoisotopic (exact) mass is 329 g/mol. The highest BCUT2D eigenvalue weighted by molar-refractivity contribution is 5.87. The van der Waals surface area contributed by atoms with E-state index >= 15 is 0 Å². The smallest absolute Gasteiger partial charge is 0.460 e. The Kier molecular flexibility index (Phi) is 6.36. The molecule has 0 aliphatic heterocycles. The highest BCUT2D eigenvalue weighted by Gasteiger charge is 2.40. The van der Waals surface area contributed by atoms with Crippen molar-refractivity contribution in [1.82, 2.24) is 5.32 Å². The van der Waals surface area contributed by atoms with Gasteiger partial charge in [-0.3, -0.25) is 4.79 Å². The van der Waals surface area contributed by atoms with Crippen LogP contribution < -0.4 is 5.32 Å². The van der Waals surface area contributed by atoms with Crippen molar-refractivity contribution >= 4 is 17.4 Å². The van der Waals surface area contributed by atoms with Crippen LogP contribution in [0.4, 0.5) is 13.2 Å². The molecular formula is C16H18F3NO3. The molecule has 1 rings (SSSR count). The second kappa shape index (κ2) is 7.80.